The minimum absolute atomic E-state index is 0.584. The number of hydrogen-bond acceptors (Lipinski definition) is 4. The summed E-state index contributed by atoms with van der Waals surface area (Å²) in [6.45, 7) is 2.77. The molecule has 1 unspecified atom stereocenters. The van der Waals surface area contributed by atoms with Crippen molar-refractivity contribution in [1.29, 1.82) is 0 Å². The van der Waals surface area contributed by atoms with E-state index in [0.29, 0.717) is 12.6 Å². The van der Waals surface area contributed by atoms with Gasteiger partial charge in [-0.25, -0.2) is 0 Å². The number of hydrogen-bond donors (Lipinski definition) is 1. The van der Waals surface area contributed by atoms with Crippen molar-refractivity contribution in [2.24, 2.45) is 5.73 Å². The third kappa shape index (κ3) is 2.76. The number of rotatable bonds is 3. The minimum atomic E-state index is 0.584. The van der Waals surface area contributed by atoms with E-state index in [2.05, 4.69) is 28.9 Å². The van der Waals surface area contributed by atoms with E-state index in [9.17, 15) is 0 Å². The fourth-order valence-electron chi connectivity index (χ4n) is 2.47. The van der Waals surface area contributed by atoms with Gasteiger partial charge in [-0.3, -0.25) is 4.98 Å². The van der Waals surface area contributed by atoms with Gasteiger partial charge in [-0.2, -0.15) is 0 Å². The van der Waals surface area contributed by atoms with Crippen LogP contribution in [0, 0.1) is 0 Å². The van der Waals surface area contributed by atoms with E-state index in [1.54, 1.807) is 0 Å². The Kier molecular flexibility index (Phi) is 3.97. The summed E-state index contributed by atoms with van der Waals surface area (Å²) in [5.41, 5.74) is 8.19. The molecule has 94 valence electrons. The highest BCUT2D eigenvalue weighted by Gasteiger charge is 2.22. The van der Waals surface area contributed by atoms with Gasteiger partial charge in [0.25, 0.3) is 0 Å². The van der Waals surface area contributed by atoms with Crippen molar-refractivity contribution in [2.75, 3.05) is 32.1 Å². The van der Waals surface area contributed by atoms with E-state index in [4.69, 9.17) is 5.73 Å². The number of nitrogens with zero attached hydrogens (tertiary/aromatic N) is 3. The van der Waals surface area contributed by atoms with Crippen molar-refractivity contribution in [1.82, 2.24) is 9.88 Å². The number of aromatic nitrogens is 1. The molecule has 1 aliphatic heterocycles. The van der Waals surface area contributed by atoms with Crippen LogP contribution in [0.4, 0.5) is 5.69 Å². The summed E-state index contributed by atoms with van der Waals surface area (Å²) in [7, 11) is 4.31. The Morgan fingerprint density at radius 2 is 2.35 bits per heavy atom. The van der Waals surface area contributed by atoms with Crippen molar-refractivity contribution in [3.8, 4) is 0 Å². The van der Waals surface area contributed by atoms with Crippen molar-refractivity contribution in [3.63, 3.8) is 0 Å². The molecule has 0 spiro atoms. The zero-order valence-corrected chi connectivity index (χ0v) is 10.8. The van der Waals surface area contributed by atoms with Gasteiger partial charge >= 0.3 is 0 Å². The van der Waals surface area contributed by atoms with Crippen LogP contribution in [0.1, 0.15) is 18.4 Å². The van der Waals surface area contributed by atoms with Crippen LogP contribution in [0.15, 0.2) is 18.5 Å². The molecule has 1 atom stereocenters. The summed E-state index contributed by atoms with van der Waals surface area (Å²) < 4.78 is 0. The Labute approximate surface area is 103 Å². The Morgan fingerprint density at radius 1 is 1.53 bits per heavy atom. The summed E-state index contributed by atoms with van der Waals surface area (Å²) in [4.78, 5) is 8.96. The minimum Gasteiger partial charge on any atom is -0.368 e. The Balaban J connectivity index is 2.16. The highest BCUT2D eigenvalue weighted by molar-refractivity contribution is 5.52. The average Bonchev–Trinajstić information content (AvgIpc) is 2.39. The Morgan fingerprint density at radius 3 is 3.06 bits per heavy atom. The molecule has 0 bridgehead atoms. The molecule has 4 nitrogen and oxygen atoms in total. The van der Waals surface area contributed by atoms with Gasteiger partial charge in [0.05, 0.1) is 11.9 Å². The van der Waals surface area contributed by atoms with Crippen molar-refractivity contribution in [3.05, 3.63) is 24.0 Å². The third-order valence-corrected chi connectivity index (χ3v) is 3.58. The van der Waals surface area contributed by atoms with Gasteiger partial charge in [0, 0.05) is 31.9 Å². The molecule has 1 saturated heterocycles. The molecular formula is C13H22N4. The van der Waals surface area contributed by atoms with E-state index < -0.39 is 0 Å². The highest BCUT2D eigenvalue weighted by Crippen LogP contribution is 2.24. The quantitative estimate of drug-likeness (QED) is 0.850. The van der Waals surface area contributed by atoms with Gasteiger partial charge in [-0.05, 0) is 38.6 Å². The molecule has 17 heavy (non-hydrogen) atoms. The predicted octanol–water partition coefficient (Wildman–Crippen LogP) is 1.07. The lowest BCUT2D eigenvalue weighted by molar-refractivity contribution is 0.258. The molecule has 2 heterocycles. The first-order chi connectivity index (χ1) is 8.22. The van der Waals surface area contributed by atoms with Crippen molar-refractivity contribution in [2.45, 2.75) is 25.4 Å². The average molecular weight is 234 g/mol. The lowest BCUT2D eigenvalue weighted by atomic mass is 10.0. The molecular weight excluding hydrogens is 212 g/mol. The smallest absolute Gasteiger partial charge is 0.0598 e. The molecule has 0 aromatic carbocycles. The van der Waals surface area contributed by atoms with Gasteiger partial charge in [0.1, 0.15) is 0 Å². The normalized spacial score (nSPS) is 20.9. The number of nitrogens with two attached hydrogens (primary N) is 1. The maximum absolute atomic E-state index is 5.79. The first kappa shape index (κ1) is 12.3. The topological polar surface area (TPSA) is 45.4 Å². The molecule has 1 aromatic heterocycles. The van der Waals surface area contributed by atoms with Crippen LogP contribution in [-0.4, -0.2) is 43.1 Å². The molecule has 0 saturated carbocycles. The number of likely N-dealkylation sites (N-methyl/N-ethyl adjacent to an activating group) is 1. The first-order valence-electron chi connectivity index (χ1n) is 6.26. The fourth-order valence-corrected chi connectivity index (χ4v) is 2.47. The van der Waals surface area contributed by atoms with Gasteiger partial charge in [-0.15, -0.1) is 0 Å². The van der Waals surface area contributed by atoms with Gasteiger partial charge in [-0.1, -0.05) is 0 Å². The predicted molar refractivity (Wildman–Crippen MR) is 71.1 cm³/mol. The molecule has 0 aliphatic carbocycles. The Hall–Kier alpha value is -1.13. The lowest BCUT2D eigenvalue weighted by Crippen LogP contribution is -2.45. The first-order valence-corrected chi connectivity index (χ1v) is 6.26. The van der Waals surface area contributed by atoms with Crippen LogP contribution >= 0.6 is 0 Å². The Bertz CT molecular complexity index is 364. The van der Waals surface area contributed by atoms with Crippen LogP contribution < -0.4 is 10.6 Å². The van der Waals surface area contributed by atoms with Crippen molar-refractivity contribution >= 4 is 5.69 Å². The molecule has 0 radical (unpaired) electrons. The molecule has 2 N–H and O–H groups in total. The number of anilines is 1. The zero-order chi connectivity index (χ0) is 12.3. The maximum atomic E-state index is 5.79. The van der Waals surface area contributed by atoms with Crippen molar-refractivity contribution < 1.29 is 0 Å². The van der Waals surface area contributed by atoms with Crippen LogP contribution in [0.3, 0.4) is 0 Å². The lowest BCUT2D eigenvalue weighted by Gasteiger charge is -2.38. The summed E-state index contributed by atoms with van der Waals surface area (Å²) in [6.07, 6.45) is 6.28. The maximum Gasteiger partial charge on any atom is 0.0598 e. The number of pyridine rings is 1. The van der Waals surface area contributed by atoms with Gasteiger partial charge in [0.2, 0.25) is 0 Å². The number of piperidine rings is 1. The summed E-state index contributed by atoms with van der Waals surface area (Å²) in [5.74, 6) is 0. The monoisotopic (exact) mass is 234 g/mol. The van der Waals surface area contributed by atoms with E-state index in [1.165, 1.54) is 24.1 Å². The van der Waals surface area contributed by atoms with Crippen LogP contribution in [0.5, 0.6) is 0 Å². The summed E-state index contributed by atoms with van der Waals surface area (Å²) in [5, 5.41) is 0. The summed E-state index contributed by atoms with van der Waals surface area (Å²) in [6, 6.07) is 2.66. The SMILES string of the molecule is CN(C)C1CCCN(c2cnccc2CN)C1. The molecule has 1 aliphatic rings. The second-order valence-electron chi connectivity index (χ2n) is 4.91. The zero-order valence-electron chi connectivity index (χ0n) is 10.8. The molecule has 1 fully saturated rings. The second kappa shape index (κ2) is 5.47. The molecule has 0 amide bonds. The molecule has 1 aromatic rings. The van der Waals surface area contributed by atoms with E-state index in [-0.39, 0.29) is 0 Å². The fraction of sp³-hybridized carbons (Fsp3) is 0.615. The second-order valence-corrected chi connectivity index (χ2v) is 4.91. The largest absolute Gasteiger partial charge is 0.368 e. The standard InChI is InChI=1S/C13H22N4/c1-16(2)12-4-3-7-17(10-12)13-9-15-6-5-11(13)8-14/h5-6,9,12H,3-4,7-8,10,14H2,1-2H3. The highest BCUT2D eigenvalue weighted by atomic mass is 15.2. The van der Waals surface area contributed by atoms with E-state index in [1.807, 2.05) is 18.5 Å². The molecule has 4 heteroatoms. The van der Waals surface area contributed by atoms with Crippen LogP contribution in [-0.2, 0) is 6.54 Å². The van der Waals surface area contributed by atoms with Gasteiger partial charge in [0.15, 0.2) is 0 Å². The van der Waals surface area contributed by atoms with Gasteiger partial charge < -0.3 is 15.5 Å². The summed E-state index contributed by atoms with van der Waals surface area (Å²) >= 11 is 0. The molecule has 2 rings (SSSR count). The third-order valence-electron chi connectivity index (χ3n) is 3.58. The van der Waals surface area contributed by atoms with Crippen LogP contribution in [0.25, 0.3) is 0 Å². The van der Waals surface area contributed by atoms with Crippen LogP contribution in [0.2, 0.25) is 0 Å². The van der Waals surface area contributed by atoms with E-state index >= 15 is 0 Å². The van der Waals surface area contributed by atoms with E-state index in [0.717, 1.165) is 13.1 Å².